The third-order valence-electron chi connectivity index (χ3n) is 7.64. The highest BCUT2D eigenvalue weighted by Gasteiger charge is 2.48. The van der Waals surface area contributed by atoms with Crippen molar-refractivity contribution in [2.75, 3.05) is 13.3 Å². The molecule has 2 amide bonds. The molecule has 0 spiro atoms. The monoisotopic (exact) mass is 479 g/mol. The molecule has 4 aromatic rings. The van der Waals surface area contributed by atoms with Gasteiger partial charge in [0.15, 0.2) is 11.5 Å². The molecule has 36 heavy (non-hydrogen) atoms. The largest absolute Gasteiger partial charge is 0.454 e. The van der Waals surface area contributed by atoms with Crippen LogP contribution in [0.4, 0.5) is 0 Å². The summed E-state index contributed by atoms with van der Waals surface area (Å²) in [6, 6.07) is 21.1. The van der Waals surface area contributed by atoms with Crippen LogP contribution >= 0.6 is 0 Å². The molecule has 3 aliphatic heterocycles. The second-order valence-corrected chi connectivity index (χ2v) is 9.72. The number of benzene rings is 3. The van der Waals surface area contributed by atoms with Crippen molar-refractivity contribution in [3.05, 3.63) is 94.7 Å². The fourth-order valence-corrected chi connectivity index (χ4v) is 5.94. The SMILES string of the molecule is Cc1ccccc1[C@H]1c2[nH]c3ccccc3c2C[C@H]2C(=O)N(Cc3ccc4c(c3)OCO4)CC(=O)N12. The topological polar surface area (TPSA) is 74.9 Å². The molecule has 2 atom stereocenters. The van der Waals surface area contributed by atoms with Gasteiger partial charge >= 0.3 is 0 Å². The maximum atomic E-state index is 13.9. The van der Waals surface area contributed by atoms with E-state index in [1.807, 2.05) is 47.4 Å². The van der Waals surface area contributed by atoms with E-state index in [-0.39, 0.29) is 31.2 Å². The smallest absolute Gasteiger partial charge is 0.246 e. The fourth-order valence-electron chi connectivity index (χ4n) is 5.94. The van der Waals surface area contributed by atoms with Gasteiger partial charge in [-0.05, 0) is 47.4 Å². The number of nitrogens with one attached hydrogen (secondary N) is 1. The molecule has 3 aliphatic rings. The number of para-hydroxylation sites is 1. The van der Waals surface area contributed by atoms with Crippen LogP contribution in [-0.2, 0) is 22.6 Å². The number of carbonyl (C=O) groups excluding carboxylic acids is 2. The lowest BCUT2D eigenvalue weighted by atomic mass is 9.85. The first-order valence-electron chi connectivity index (χ1n) is 12.2. The minimum atomic E-state index is -0.559. The second-order valence-electron chi connectivity index (χ2n) is 9.72. The number of aryl methyl sites for hydroxylation is 1. The van der Waals surface area contributed by atoms with E-state index in [0.29, 0.717) is 24.5 Å². The van der Waals surface area contributed by atoms with Crippen LogP contribution in [0, 0.1) is 6.92 Å². The minimum Gasteiger partial charge on any atom is -0.454 e. The van der Waals surface area contributed by atoms with Crippen LogP contribution in [-0.4, -0.2) is 46.0 Å². The number of aromatic nitrogens is 1. The number of hydrogen-bond acceptors (Lipinski definition) is 4. The molecule has 7 nitrogen and oxygen atoms in total. The number of nitrogens with zero attached hydrogens (tertiary/aromatic N) is 2. The van der Waals surface area contributed by atoms with Gasteiger partial charge in [0.05, 0.1) is 6.04 Å². The molecule has 1 saturated heterocycles. The zero-order chi connectivity index (χ0) is 24.4. The molecular weight excluding hydrogens is 454 g/mol. The van der Waals surface area contributed by atoms with E-state index in [1.165, 1.54) is 0 Å². The van der Waals surface area contributed by atoms with Crippen molar-refractivity contribution < 1.29 is 19.1 Å². The van der Waals surface area contributed by atoms with E-state index in [9.17, 15) is 9.59 Å². The van der Waals surface area contributed by atoms with Gasteiger partial charge in [-0.3, -0.25) is 9.59 Å². The molecular formula is C29H25N3O4. The highest BCUT2D eigenvalue weighted by Crippen LogP contribution is 2.43. The molecule has 0 bridgehead atoms. The predicted octanol–water partition coefficient (Wildman–Crippen LogP) is 4.09. The Morgan fingerprint density at radius 1 is 0.972 bits per heavy atom. The standard InChI is InChI=1S/C29H25N3O4/c1-17-6-2-3-7-19(17)28-27-21(20-8-4-5-9-22(20)30-27)13-23-29(34)31(15-26(33)32(23)28)14-18-10-11-24-25(12-18)36-16-35-24/h2-12,23,28,30H,13-16H2,1H3/t23-,28-/m0/s1. The van der Waals surface area contributed by atoms with E-state index in [0.717, 1.165) is 38.9 Å². The summed E-state index contributed by atoms with van der Waals surface area (Å²) in [6.45, 7) is 2.65. The minimum absolute atomic E-state index is 0.0261. The zero-order valence-electron chi connectivity index (χ0n) is 19.9. The maximum absolute atomic E-state index is 13.9. The first kappa shape index (κ1) is 21.1. The number of amides is 2. The predicted molar refractivity (Wildman–Crippen MR) is 134 cm³/mol. The van der Waals surface area contributed by atoms with Gasteiger partial charge in [-0.2, -0.15) is 0 Å². The number of ether oxygens (including phenoxy) is 2. The third-order valence-corrected chi connectivity index (χ3v) is 7.64. The molecule has 1 N–H and O–H groups in total. The Balaban J connectivity index is 1.30. The van der Waals surface area contributed by atoms with Crippen molar-refractivity contribution in [1.29, 1.82) is 0 Å². The Kier molecular flexibility index (Phi) is 4.61. The average Bonchev–Trinajstić information content (AvgIpc) is 3.50. The van der Waals surface area contributed by atoms with Gasteiger partial charge in [0.1, 0.15) is 12.6 Å². The molecule has 180 valence electrons. The Morgan fingerprint density at radius 2 is 1.78 bits per heavy atom. The fraction of sp³-hybridized carbons (Fsp3) is 0.241. The molecule has 0 unspecified atom stereocenters. The van der Waals surface area contributed by atoms with Gasteiger partial charge in [0, 0.05) is 29.6 Å². The van der Waals surface area contributed by atoms with Crippen LogP contribution < -0.4 is 9.47 Å². The number of H-pyrrole nitrogens is 1. The normalized spacial score (nSPS) is 20.6. The average molecular weight is 480 g/mol. The van der Waals surface area contributed by atoms with Gasteiger partial charge in [0.25, 0.3) is 0 Å². The lowest BCUT2D eigenvalue weighted by molar-refractivity contribution is -0.159. The summed E-state index contributed by atoms with van der Waals surface area (Å²) in [5.74, 6) is 1.30. The summed E-state index contributed by atoms with van der Waals surface area (Å²) in [6.07, 6.45) is 0.490. The molecule has 7 rings (SSSR count). The van der Waals surface area contributed by atoms with E-state index >= 15 is 0 Å². The Morgan fingerprint density at radius 3 is 2.67 bits per heavy atom. The highest BCUT2D eigenvalue weighted by atomic mass is 16.7. The van der Waals surface area contributed by atoms with Crippen LogP contribution in [0.2, 0.25) is 0 Å². The summed E-state index contributed by atoms with van der Waals surface area (Å²) in [7, 11) is 0. The lowest BCUT2D eigenvalue weighted by Gasteiger charge is -2.47. The molecule has 7 heteroatoms. The van der Waals surface area contributed by atoms with Gasteiger partial charge in [-0.15, -0.1) is 0 Å². The first-order chi connectivity index (χ1) is 17.6. The number of piperazine rings is 1. The summed E-state index contributed by atoms with van der Waals surface area (Å²) in [5, 5.41) is 1.11. The lowest BCUT2D eigenvalue weighted by Crippen LogP contribution is -2.62. The molecule has 0 aliphatic carbocycles. The third kappa shape index (κ3) is 3.12. The number of carbonyl (C=O) groups is 2. The zero-order valence-corrected chi connectivity index (χ0v) is 19.9. The Hall–Kier alpha value is -4.26. The van der Waals surface area contributed by atoms with Gasteiger partial charge in [0.2, 0.25) is 18.6 Å². The van der Waals surface area contributed by atoms with Gasteiger partial charge in [-0.1, -0.05) is 48.5 Å². The highest BCUT2D eigenvalue weighted by molar-refractivity contribution is 5.97. The van der Waals surface area contributed by atoms with Crippen molar-refractivity contribution >= 4 is 22.7 Å². The van der Waals surface area contributed by atoms with E-state index in [4.69, 9.17) is 9.47 Å². The van der Waals surface area contributed by atoms with Crippen molar-refractivity contribution in [2.24, 2.45) is 0 Å². The number of hydrogen-bond donors (Lipinski definition) is 1. The second kappa shape index (κ2) is 7.88. The molecule has 3 aromatic carbocycles. The molecule has 0 radical (unpaired) electrons. The summed E-state index contributed by atoms with van der Waals surface area (Å²) >= 11 is 0. The Labute approximate surface area is 208 Å². The van der Waals surface area contributed by atoms with Crippen molar-refractivity contribution in [1.82, 2.24) is 14.8 Å². The Bertz CT molecular complexity index is 1540. The van der Waals surface area contributed by atoms with Crippen molar-refractivity contribution in [2.45, 2.75) is 32.0 Å². The molecule has 1 aromatic heterocycles. The van der Waals surface area contributed by atoms with Gasteiger partial charge < -0.3 is 24.3 Å². The van der Waals surface area contributed by atoms with Crippen LogP contribution in [0.5, 0.6) is 11.5 Å². The summed E-state index contributed by atoms with van der Waals surface area (Å²) < 4.78 is 10.9. The van der Waals surface area contributed by atoms with Crippen LogP contribution in [0.1, 0.15) is 34.0 Å². The molecule has 0 saturated carbocycles. The van der Waals surface area contributed by atoms with E-state index in [2.05, 4.69) is 36.2 Å². The van der Waals surface area contributed by atoms with Crippen molar-refractivity contribution in [3.63, 3.8) is 0 Å². The van der Waals surface area contributed by atoms with Gasteiger partial charge in [-0.25, -0.2) is 0 Å². The number of aromatic amines is 1. The van der Waals surface area contributed by atoms with Crippen LogP contribution in [0.3, 0.4) is 0 Å². The quantitative estimate of drug-likeness (QED) is 0.480. The van der Waals surface area contributed by atoms with Crippen molar-refractivity contribution in [3.8, 4) is 11.5 Å². The number of rotatable bonds is 3. The van der Waals surface area contributed by atoms with Crippen LogP contribution in [0.25, 0.3) is 10.9 Å². The molecule has 1 fully saturated rings. The van der Waals surface area contributed by atoms with E-state index in [1.54, 1.807) is 4.90 Å². The summed E-state index contributed by atoms with van der Waals surface area (Å²) in [5.41, 5.74) is 6.19. The van der Waals surface area contributed by atoms with E-state index < -0.39 is 6.04 Å². The summed E-state index contributed by atoms with van der Waals surface area (Å²) in [4.78, 5) is 34.8. The maximum Gasteiger partial charge on any atom is 0.246 e. The van der Waals surface area contributed by atoms with Crippen LogP contribution in [0.15, 0.2) is 66.7 Å². The number of fused-ring (bicyclic) bond motifs is 5. The first-order valence-corrected chi connectivity index (χ1v) is 12.2. The molecule has 4 heterocycles.